The molecule has 154 valence electrons. The van der Waals surface area contributed by atoms with Crippen molar-refractivity contribution in [3.05, 3.63) is 65.5 Å². The quantitative estimate of drug-likeness (QED) is 0.580. The molecular weight excluding hydrogens is 396 g/mol. The summed E-state index contributed by atoms with van der Waals surface area (Å²) in [4.78, 5) is 0. The first-order valence-corrected chi connectivity index (χ1v) is 12.6. The van der Waals surface area contributed by atoms with Gasteiger partial charge in [-0.25, -0.2) is 13.3 Å². The third-order valence-corrected chi connectivity index (χ3v) is 8.58. The fraction of sp³-hybridized carbons (Fsp3) is 0.429. The van der Waals surface area contributed by atoms with Crippen LogP contribution in [0.2, 0.25) is 0 Å². The second-order valence-electron chi connectivity index (χ2n) is 7.34. The second-order valence-corrected chi connectivity index (χ2v) is 11.7. The van der Waals surface area contributed by atoms with Crippen LogP contribution in [0.15, 0.2) is 48.5 Å². The first-order chi connectivity index (χ1) is 13.1. The van der Waals surface area contributed by atoms with E-state index >= 15 is 0 Å². The summed E-state index contributed by atoms with van der Waals surface area (Å²) in [6.45, 7) is 9.66. The lowest BCUT2D eigenvalue weighted by Crippen LogP contribution is -2.38. The summed E-state index contributed by atoms with van der Waals surface area (Å²) in [5.74, 6) is -0.323. The molecule has 0 amide bonds. The van der Waals surface area contributed by atoms with E-state index in [-0.39, 0.29) is 11.9 Å². The van der Waals surface area contributed by atoms with Crippen LogP contribution in [0.25, 0.3) is 0 Å². The van der Waals surface area contributed by atoms with Crippen molar-refractivity contribution in [1.29, 1.82) is 0 Å². The van der Waals surface area contributed by atoms with Crippen molar-refractivity contribution in [2.75, 3.05) is 13.3 Å². The van der Waals surface area contributed by atoms with Crippen LogP contribution in [0.5, 0.6) is 0 Å². The molecule has 0 aromatic heterocycles. The van der Waals surface area contributed by atoms with Gasteiger partial charge in [-0.05, 0) is 62.6 Å². The lowest BCUT2D eigenvalue weighted by atomic mass is 10.00. The van der Waals surface area contributed by atoms with E-state index in [2.05, 4.69) is 4.72 Å². The van der Waals surface area contributed by atoms with Gasteiger partial charge in [0, 0.05) is 12.0 Å². The number of rotatable bonds is 9. The molecule has 2 rings (SSSR count). The molecule has 7 heteroatoms. The monoisotopic (exact) mass is 425 g/mol. The fourth-order valence-electron chi connectivity index (χ4n) is 2.64. The molecule has 0 fully saturated rings. The Morgan fingerprint density at radius 1 is 1.07 bits per heavy atom. The highest BCUT2D eigenvalue weighted by molar-refractivity contribution is 7.84. The highest BCUT2D eigenvalue weighted by Gasteiger charge is 2.28. The molecule has 0 bridgehead atoms. The normalized spacial score (nSPS) is 16.4. The zero-order valence-electron chi connectivity index (χ0n) is 17.1. The topological polar surface area (TPSA) is 55.4 Å². The van der Waals surface area contributed by atoms with E-state index in [0.29, 0.717) is 11.9 Å². The molecule has 1 unspecified atom stereocenters. The Hall–Kier alpha value is -1.33. The van der Waals surface area contributed by atoms with E-state index < -0.39 is 23.1 Å². The van der Waals surface area contributed by atoms with Gasteiger partial charge in [0.1, 0.15) is 5.82 Å². The molecular formula is C21H29FNO3PS. The van der Waals surface area contributed by atoms with Crippen molar-refractivity contribution >= 4 is 23.7 Å². The Labute approximate surface area is 169 Å². The van der Waals surface area contributed by atoms with Gasteiger partial charge in [-0.1, -0.05) is 31.2 Å². The molecule has 28 heavy (non-hydrogen) atoms. The molecule has 1 N–H and O–H groups in total. The van der Waals surface area contributed by atoms with Crippen LogP contribution in [-0.2, 0) is 20.1 Å². The van der Waals surface area contributed by atoms with Crippen LogP contribution in [0.4, 0.5) is 4.39 Å². The van der Waals surface area contributed by atoms with Gasteiger partial charge in [0.05, 0.1) is 28.4 Å². The number of benzene rings is 2. The van der Waals surface area contributed by atoms with Crippen LogP contribution in [-0.4, -0.2) is 22.2 Å². The summed E-state index contributed by atoms with van der Waals surface area (Å²) in [7, 11) is -4.18. The van der Waals surface area contributed by atoms with E-state index in [4.69, 9.17) is 4.52 Å². The van der Waals surface area contributed by atoms with Crippen molar-refractivity contribution in [3.63, 3.8) is 0 Å². The van der Waals surface area contributed by atoms with E-state index in [1.165, 1.54) is 12.1 Å². The van der Waals surface area contributed by atoms with Crippen molar-refractivity contribution < 1.29 is 17.7 Å². The summed E-state index contributed by atoms with van der Waals surface area (Å²) in [6, 6.07) is 13.0. The number of nitrogens with one attached hydrogen (secondary N) is 1. The molecule has 2 aromatic rings. The maximum absolute atomic E-state index is 13.4. The van der Waals surface area contributed by atoms with Crippen LogP contribution in [0.1, 0.15) is 51.3 Å². The lowest BCUT2D eigenvalue weighted by molar-refractivity contribution is 0.345. The van der Waals surface area contributed by atoms with E-state index in [9.17, 15) is 13.2 Å². The zero-order chi connectivity index (χ0) is 20.9. The molecule has 4 nitrogen and oxygen atoms in total. The first-order valence-electron chi connectivity index (χ1n) is 9.37. The molecule has 0 saturated heterocycles. The van der Waals surface area contributed by atoms with Crippen LogP contribution in [0, 0.1) is 5.82 Å². The Morgan fingerprint density at radius 2 is 1.57 bits per heavy atom. The Kier molecular flexibility index (Phi) is 7.74. The molecule has 0 aliphatic carbocycles. The predicted octanol–water partition coefficient (Wildman–Crippen LogP) is 4.93. The predicted molar refractivity (Wildman–Crippen MR) is 115 cm³/mol. The number of halogens is 1. The minimum absolute atomic E-state index is 0.323. The highest BCUT2D eigenvalue weighted by Crippen LogP contribution is 2.41. The number of hydrogen-bond acceptors (Lipinski definition) is 3. The summed E-state index contributed by atoms with van der Waals surface area (Å²) < 4.78 is 47.1. The molecule has 2 aromatic carbocycles. The minimum atomic E-state index is -2.86. The standard InChI is InChI=1S/C21H29FNO3PS/c1-6-21(3,4)28(25)23-20(16-8-12-18(22)13-9-16)17-10-14-19(15-11-17)27(5,24)26-7-2/h8-15,20,23H,6-7H2,1-5H3/t20-,27?,28-/m1/s1. The average Bonchev–Trinajstić information content (AvgIpc) is 2.67. The molecule has 0 radical (unpaired) electrons. The lowest BCUT2D eigenvalue weighted by Gasteiger charge is -2.27. The first kappa shape index (κ1) is 23.0. The van der Waals surface area contributed by atoms with E-state index in [1.807, 2.05) is 39.8 Å². The fourth-order valence-corrected chi connectivity index (χ4v) is 5.04. The third kappa shape index (κ3) is 5.60. The van der Waals surface area contributed by atoms with Crippen LogP contribution in [0.3, 0.4) is 0 Å². The van der Waals surface area contributed by atoms with Gasteiger partial charge in [-0.2, -0.15) is 0 Å². The zero-order valence-corrected chi connectivity index (χ0v) is 18.8. The average molecular weight is 426 g/mol. The SMILES string of the molecule is CCOP(C)(=O)c1ccc([C@H](N[S@](=O)C(C)(C)CC)c2ccc(F)cc2)cc1. The van der Waals surface area contributed by atoms with Gasteiger partial charge >= 0.3 is 0 Å². The molecule has 3 atom stereocenters. The molecule has 0 aliphatic rings. The maximum Gasteiger partial charge on any atom is 0.229 e. The number of hydrogen-bond donors (Lipinski definition) is 1. The van der Waals surface area contributed by atoms with Crippen molar-refractivity contribution in [2.24, 2.45) is 0 Å². The van der Waals surface area contributed by atoms with E-state index in [0.717, 1.165) is 17.5 Å². The highest BCUT2D eigenvalue weighted by atomic mass is 32.2. The van der Waals surface area contributed by atoms with Gasteiger partial charge in [-0.15, -0.1) is 0 Å². The largest absolute Gasteiger partial charge is 0.326 e. The molecule has 0 spiro atoms. The summed E-state index contributed by atoms with van der Waals surface area (Å²) in [6.07, 6.45) is 0.745. The van der Waals surface area contributed by atoms with Crippen molar-refractivity contribution in [1.82, 2.24) is 4.72 Å². The summed E-state index contributed by atoms with van der Waals surface area (Å²) in [5, 5.41) is 0.631. The Bertz CT molecular complexity index is 853. The van der Waals surface area contributed by atoms with Crippen molar-refractivity contribution in [3.8, 4) is 0 Å². The summed E-state index contributed by atoms with van der Waals surface area (Å²) >= 11 is 0. The molecule has 0 saturated carbocycles. The van der Waals surface area contributed by atoms with Gasteiger partial charge in [0.25, 0.3) is 0 Å². The summed E-state index contributed by atoms with van der Waals surface area (Å²) in [5.41, 5.74) is 1.66. The molecule has 0 heterocycles. The van der Waals surface area contributed by atoms with Gasteiger partial charge in [-0.3, -0.25) is 4.57 Å². The molecule has 0 aliphatic heterocycles. The van der Waals surface area contributed by atoms with Gasteiger partial charge in [0.2, 0.25) is 7.37 Å². The second kappa shape index (κ2) is 9.45. The smallest absolute Gasteiger partial charge is 0.229 e. The Morgan fingerprint density at radius 3 is 2.04 bits per heavy atom. The van der Waals surface area contributed by atoms with Crippen molar-refractivity contribution in [2.45, 2.75) is 44.9 Å². The Balaban J connectivity index is 2.40. The minimum Gasteiger partial charge on any atom is -0.326 e. The van der Waals surface area contributed by atoms with Gasteiger partial charge < -0.3 is 4.52 Å². The van der Waals surface area contributed by atoms with Crippen LogP contribution >= 0.6 is 7.37 Å². The van der Waals surface area contributed by atoms with Gasteiger partial charge in [0.15, 0.2) is 0 Å². The maximum atomic E-state index is 13.4. The van der Waals surface area contributed by atoms with Crippen LogP contribution < -0.4 is 10.0 Å². The third-order valence-electron chi connectivity index (χ3n) is 4.85. The van der Waals surface area contributed by atoms with E-state index in [1.54, 1.807) is 30.9 Å².